The van der Waals surface area contributed by atoms with E-state index in [0.29, 0.717) is 0 Å². The standard InChI is InChI=1S/C4H4F4O4/c5-1-11-2(4(6,7)8)12-3(9)10/h2H,1H2,(H,9,10). The van der Waals surface area contributed by atoms with Crippen LogP contribution in [0.15, 0.2) is 0 Å². The van der Waals surface area contributed by atoms with Crippen molar-refractivity contribution in [2.45, 2.75) is 12.5 Å². The molecule has 0 saturated heterocycles. The Morgan fingerprint density at radius 1 is 1.50 bits per heavy atom. The third-order valence-corrected chi connectivity index (χ3v) is 0.689. The van der Waals surface area contributed by atoms with Gasteiger partial charge in [0.2, 0.25) is 0 Å². The van der Waals surface area contributed by atoms with Crippen molar-refractivity contribution in [3.05, 3.63) is 0 Å². The summed E-state index contributed by atoms with van der Waals surface area (Å²) in [5.41, 5.74) is 0. The van der Waals surface area contributed by atoms with Gasteiger partial charge in [-0.1, -0.05) is 0 Å². The fourth-order valence-electron chi connectivity index (χ4n) is 0.344. The summed E-state index contributed by atoms with van der Waals surface area (Å²) in [5.74, 6) is 0. The number of rotatable bonds is 3. The number of carboxylic acid groups (broad SMARTS) is 1. The first-order valence-electron chi connectivity index (χ1n) is 2.51. The maximum absolute atomic E-state index is 11.6. The van der Waals surface area contributed by atoms with E-state index in [0.717, 1.165) is 0 Å². The number of halogens is 4. The third-order valence-electron chi connectivity index (χ3n) is 0.689. The van der Waals surface area contributed by atoms with Gasteiger partial charge in [-0.3, -0.25) is 0 Å². The van der Waals surface area contributed by atoms with Crippen LogP contribution in [0, 0.1) is 0 Å². The summed E-state index contributed by atoms with van der Waals surface area (Å²) < 4.78 is 52.5. The summed E-state index contributed by atoms with van der Waals surface area (Å²) in [5, 5.41) is 7.75. The molecule has 1 atom stereocenters. The number of carbonyl (C=O) groups is 1. The molecule has 0 aromatic heterocycles. The van der Waals surface area contributed by atoms with Gasteiger partial charge in [0.05, 0.1) is 0 Å². The molecule has 0 aromatic carbocycles. The van der Waals surface area contributed by atoms with Gasteiger partial charge in [0.25, 0.3) is 0 Å². The number of hydrogen-bond acceptors (Lipinski definition) is 3. The normalized spacial score (nSPS) is 14.0. The lowest BCUT2D eigenvalue weighted by Crippen LogP contribution is -2.35. The minimum absolute atomic E-state index is 1.78. The quantitative estimate of drug-likeness (QED) is 0.418. The molecule has 0 radical (unpaired) electrons. The lowest BCUT2D eigenvalue weighted by Gasteiger charge is -2.16. The Bertz CT molecular complexity index is 156. The van der Waals surface area contributed by atoms with Crippen molar-refractivity contribution in [1.29, 1.82) is 0 Å². The van der Waals surface area contributed by atoms with Crippen molar-refractivity contribution in [1.82, 2.24) is 0 Å². The number of hydrogen-bond donors (Lipinski definition) is 1. The van der Waals surface area contributed by atoms with Crippen molar-refractivity contribution in [3.63, 3.8) is 0 Å². The maximum Gasteiger partial charge on any atom is 0.508 e. The van der Waals surface area contributed by atoms with E-state index in [1.807, 2.05) is 0 Å². The molecule has 1 unspecified atom stereocenters. The first-order valence-corrected chi connectivity index (χ1v) is 2.51. The summed E-state index contributed by atoms with van der Waals surface area (Å²) in [7, 11) is 0. The summed E-state index contributed by atoms with van der Waals surface area (Å²) >= 11 is 0. The molecule has 4 nitrogen and oxygen atoms in total. The van der Waals surface area contributed by atoms with Crippen molar-refractivity contribution < 1.29 is 36.9 Å². The molecular formula is C4H4F4O4. The first-order chi connectivity index (χ1) is 5.38. The first kappa shape index (κ1) is 11.0. The Hall–Kier alpha value is -1.05. The van der Waals surface area contributed by atoms with E-state index in [-0.39, 0.29) is 0 Å². The second-order valence-corrected chi connectivity index (χ2v) is 1.53. The van der Waals surface area contributed by atoms with Gasteiger partial charge in [0.1, 0.15) is 0 Å². The Morgan fingerprint density at radius 3 is 2.25 bits per heavy atom. The molecule has 12 heavy (non-hydrogen) atoms. The van der Waals surface area contributed by atoms with E-state index in [1.165, 1.54) is 0 Å². The molecule has 0 aliphatic heterocycles. The zero-order valence-electron chi connectivity index (χ0n) is 5.47. The van der Waals surface area contributed by atoms with E-state index >= 15 is 0 Å². The number of alkyl halides is 4. The second-order valence-electron chi connectivity index (χ2n) is 1.53. The van der Waals surface area contributed by atoms with Gasteiger partial charge in [0, 0.05) is 0 Å². The topological polar surface area (TPSA) is 55.8 Å². The highest BCUT2D eigenvalue weighted by atomic mass is 19.4. The highest BCUT2D eigenvalue weighted by Gasteiger charge is 2.44. The highest BCUT2D eigenvalue weighted by Crippen LogP contribution is 2.23. The summed E-state index contributed by atoms with van der Waals surface area (Å²) in [4.78, 5) is 9.61. The maximum atomic E-state index is 11.6. The van der Waals surface area contributed by atoms with Gasteiger partial charge >= 0.3 is 18.6 Å². The average molecular weight is 192 g/mol. The Balaban J connectivity index is 4.13. The molecule has 8 heteroatoms. The van der Waals surface area contributed by atoms with Gasteiger partial charge in [-0.15, -0.1) is 0 Å². The Labute approximate surface area is 63.7 Å². The van der Waals surface area contributed by atoms with Gasteiger partial charge in [-0.05, 0) is 0 Å². The second kappa shape index (κ2) is 4.10. The van der Waals surface area contributed by atoms with Crippen LogP contribution in [0.3, 0.4) is 0 Å². The summed E-state index contributed by atoms with van der Waals surface area (Å²) in [6.45, 7) is -1.78. The van der Waals surface area contributed by atoms with Crippen molar-refractivity contribution >= 4 is 6.16 Å². The molecule has 0 fully saturated rings. The van der Waals surface area contributed by atoms with Crippen LogP contribution in [0.4, 0.5) is 22.4 Å². The molecule has 0 aliphatic carbocycles. The molecule has 0 rings (SSSR count). The van der Waals surface area contributed by atoms with Crippen LogP contribution in [0.1, 0.15) is 0 Å². The molecule has 0 amide bonds. The molecule has 0 bridgehead atoms. The van der Waals surface area contributed by atoms with Crippen LogP contribution in [-0.2, 0) is 9.47 Å². The Morgan fingerprint density at radius 2 is 2.00 bits per heavy atom. The molecule has 0 spiro atoms. The molecule has 0 heterocycles. The Kier molecular flexibility index (Phi) is 3.74. The fourth-order valence-corrected chi connectivity index (χ4v) is 0.344. The van der Waals surface area contributed by atoms with E-state index in [1.54, 1.807) is 0 Å². The molecule has 72 valence electrons. The van der Waals surface area contributed by atoms with Crippen LogP contribution in [0.5, 0.6) is 0 Å². The zero-order chi connectivity index (χ0) is 9.78. The van der Waals surface area contributed by atoms with E-state index in [9.17, 15) is 22.4 Å². The van der Waals surface area contributed by atoms with Crippen LogP contribution in [-0.4, -0.2) is 30.6 Å². The predicted molar refractivity (Wildman–Crippen MR) is 26.0 cm³/mol. The van der Waals surface area contributed by atoms with E-state index < -0.39 is 25.5 Å². The summed E-state index contributed by atoms with van der Waals surface area (Å²) in [6, 6.07) is 0. The smallest absolute Gasteiger partial charge is 0.450 e. The molecule has 1 N–H and O–H groups in total. The minimum atomic E-state index is -5.06. The monoisotopic (exact) mass is 192 g/mol. The molecule has 0 aliphatic rings. The lowest BCUT2D eigenvalue weighted by molar-refractivity contribution is -0.302. The van der Waals surface area contributed by atoms with E-state index in [2.05, 4.69) is 9.47 Å². The van der Waals surface area contributed by atoms with Gasteiger partial charge in [-0.2, -0.15) is 13.2 Å². The average Bonchev–Trinajstić information content (AvgIpc) is 1.83. The van der Waals surface area contributed by atoms with Crippen molar-refractivity contribution in [2.75, 3.05) is 6.86 Å². The SMILES string of the molecule is O=C(O)OC(OCF)C(F)(F)F. The molecule has 0 aromatic rings. The van der Waals surface area contributed by atoms with Crippen LogP contribution in [0.2, 0.25) is 0 Å². The van der Waals surface area contributed by atoms with Crippen molar-refractivity contribution in [2.24, 2.45) is 0 Å². The highest BCUT2D eigenvalue weighted by molar-refractivity contribution is 5.56. The van der Waals surface area contributed by atoms with Crippen LogP contribution >= 0.6 is 0 Å². The largest absolute Gasteiger partial charge is 0.508 e. The molecular weight excluding hydrogens is 188 g/mol. The van der Waals surface area contributed by atoms with Crippen molar-refractivity contribution in [3.8, 4) is 0 Å². The predicted octanol–water partition coefficient (Wildman–Crippen LogP) is 1.51. The molecule has 0 saturated carbocycles. The van der Waals surface area contributed by atoms with Gasteiger partial charge < -0.3 is 14.6 Å². The number of ether oxygens (including phenoxy) is 2. The minimum Gasteiger partial charge on any atom is -0.450 e. The van der Waals surface area contributed by atoms with Gasteiger partial charge in [-0.25, -0.2) is 9.18 Å². The summed E-state index contributed by atoms with van der Waals surface area (Å²) in [6.07, 6.45) is -10.3. The third kappa shape index (κ3) is 3.96. The van der Waals surface area contributed by atoms with E-state index in [4.69, 9.17) is 5.11 Å². The van der Waals surface area contributed by atoms with Crippen LogP contribution < -0.4 is 0 Å². The van der Waals surface area contributed by atoms with Gasteiger partial charge in [0.15, 0.2) is 6.86 Å². The van der Waals surface area contributed by atoms with Crippen LogP contribution in [0.25, 0.3) is 0 Å². The fraction of sp³-hybridized carbons (Fsp3) is 0.750. The lowest BCUT2D eigenvalue weighted by atomic mass is 10.6. The zero-order valence-corrected chi connectivity index (χ0v) is 5.47.